The molecule has 0 aliphatic rings. The van der Waals surface area contributed by atoms with Crippen LogP contribution in [0.25, 0.3) is 0 Å². The highest BCUT2D eigenvalue weighted by atomic mass is 35.5. The zero-order valence-corrected chi connectivity index (χ0v) is 18.0. The lowest BCUT2D eigenvalue weighted by Gasteiger charge is -2.25. The van der Waals surface area contributed by atoms with Crippen LogP contribution in [-0.2, 0) is 13.1 Å². The maximum atomic E-state index is 6.20. The van der Waals surface area contributed by atoms with E-state index in [4.69, 9.17) is 23.1 Å². The SMILES string of the molecule is Nc1nc(N)c(N=Nc2ccc(Cl)cc2)c(N(Cc2ccccc2)Cc2ccccc2)n1. The maximum absolute atomic E-state index is 6.20. The summed E-state index contributed by atoms with van der Waals surface area (Å²) < 4.78 is 0. The van der Waals surface area contributed by atoms with Crippen LogP contribution in [0.4, 0.5) is 29.0 Å². The van der Waals surface area contributed by atoms with E-state index in [-0.39, 0.29) is 11.8 Å². The summed E-state index contributed by atoms with van der Waals surface area (Å²) in [5.41, 5.74) is 15.4. The Kier molecular flexibility index (Phi) is 6.57. The first kappa shape index (κ1) is 21.3. The molecule has 0 aliphatic heterocycles. The molecule has 0 radical (unpaired) electrons. The number of aromatic nitrogens is 2. The van der Waals surface area contributed by atoms with E-state index >= 15 is 0 Å². The van der Waals surface area contributed by atoms with Gasteiger partial charge in [0.05, 0.1) is 5.69 Å². The summed E-state index contributed by atoms with van der Waals surface area (Å²) in [6.07, 6.45) is 0. The Bertz CT molecular complexity index is 1150. The number of rotatable bonds is 7. The molecule has 0 atom stereocenters. The number of nitrogen functional groups attached to an aromatic ring is 2. The van der Waals surface area contributed by atoms with Crippen LogP contribution in [0.15, 0.2) is 95.2 Å². The molecule has 7 nitrogen and oxygen atoms in total. The predicted octanol–water partition coefficient (Wildman–Crippen LogP) is 5.92. The first-order valence-electron chi connectivity index (χ1n) is 10.0. The van der Waals surface area contributed by atoms with Crippen molar-refractivity contribution >= 4 is 40.6 Å². The molecule has 1 heterocycles. The van der Waals surface area contributed by atoms with Crippen LogP contribution in [0.1, 0.15) is 11.1 Å². The molecule has 3 aromatic carbocycles. The normalized spacial score (nSPS) is 11.0. The zero-order valence-electron chi connectivity index (χ0n) is 17.3. The highest BCUT2D eigenvalue weighted by molar-refractivity contribution is 6.30. The van der Waals surface area contributed by atoms with Crippen molar-refractivity contribution in [3.8, 4) is 0 Å². The molecule has 0 saturated heterocycles. The molecule has 0 aliphatic carbocycles. The third kappa shape index (κ3) is 5.39. The lowest BCUT2D eigenvalue weighted by molar-refractivity contribution is 0.782. The fourth-order valence-corrected chi connectivity index (χ4v) is 3.35. The molecule has 0 spiro atoms. The molecular weight excluding hydrogens is 422 g/mol. The van der Waals surface area contributed by atoms with Gasteiger partial charge in [0.15, 0.2) is 17.3 Å². The summed E-state index contributed by atoms with van der Waals surface area (Å²) in [6, 6.07) is 27.2. The topological polar surface area (TPSA) is 106 Å². The quantitative estimate of drug-likeness (QED) is 0.345. The van der Waals surface area contributed by atoms with Crippen molar-refractivity contribution in [3.63, 3.8) is 0 Å². The van der Waals surface area contributed by atoms with Gasteiger partial charge >= 0.3 is 0 Å². The van der Waals surface area contributed by atoms with Crippen LogP contribution in [0.5, 0.6) is 0 Å². The van der Waals surface area contributed by atoms with E-state index in [1.54, 1.807) is 24.3 Å². The fraction of sp³-hybridized carbons (Fsp3) is 0.0833. The van der Waals surface area contributed by atoms with Gasteiger partial charge in [-0.25, -0.2) is 0 Å². The minimum atomic E-state index is 0.0778. The molecule has 4 aromatic rings. The van der Waals surface area contributed by atoms with Crippen molar-refractivity contribution in [2.24, 2.45) is 10.2 Å². The standard InChI is InChI=1S/C24H22ClN7/c25-19-11-13-20(14-12-19)30-31-21-22(26)28-24(27)29-23(21)32(15-17-7-3-1-4-8-17)16-18-9-5-2-6-10-18/h1-14H,15-16H2,(H4,26,27,28,29). The minimum absolute atomic E-state index is 0.0778. The highest BCUT2D eigenvalue weighted by Crippen LogP contribution is 2.35. The largest absolute Gasteiger partial charge is 0.382 e. The van der Waals surface area contributed by atoms with Gasteiger partial charge in [-0.3, -0.25) is 0 Å². The van der Waals surface area contributed by atoms with Crippen LogP contribution in [-0.4, -0.2) is 9.97 Å². The average molecular weight is 444 g/mol. The number of azo groups is 1. The van der Waals surface area contributed by atoms with Crippen molar-refractivity contribution < 1.29 is 0 Å². The number of hydrogen-bond donors (Lipinski definition) is 2. The summed E-state index contributed by atoms with van der Waals surface area (Å²) in [5.74, 6) is 0.755. The Morgan fingerprint density at radius 2 is 1.28 bits per heavy atom. The van der Waals surface area contributed by atoms with Gasteiger partial charge in [-0.1, -0.05) is 72.3 Å². The summed E-state index contributed by atoms with van der Waals surface area (Å²) in [7, 11) is 0. The minimum Gasteiger partial charge on any atom is -0.382 e. The second kappa shape index (κ2) is 9.89. The Morgan fingerprint density at radius 3 is 1.84 bits per heavy atom. The molecule has 0 saturated carbocycles. The Labute approximate surface area is 191 Å². The van der Waals surface area contributed by atoms with Crippen LogP contribution in [0, 0.1) is 0 Å². The number of benzene rings is 3. The average Bonchev–Trinajstić information content (AvgIpc) is 2.80. The summed E-state index contributed by atoms with van der Waals surface area (Å²) in [4.78, 5) is 10.7. The van der Waals surface area contributed by atoms with E-state index < -0.39 is 0 Å². The molecule has 0 unspecified atom stereocenters. The van der Waals surface area contributed by atoms with E-state index in [2.05, 4.69) is 49.4 Å². The molecule has 32 heavy (non-hydrogen) atoms. The van der Waals surface area contributed by atoms with E-state index in [0.717, 1.165) is 11.1 Å². The predicted molar refractivity (Wildman–Crippen MR) is 129 cm³/mol. The number of halogens is 1. The van der Waals surface area contributed by atoms with E-state index in [9.17, 15) is 0 Å². The third-order valence-corrected chi connectivity index (χ3v) is 4.99. The smallest absolute Gasteiger partial charge is 0.224 e. The summed E-state index contributed by atoms with van der Waals surface area (Å²) in [5, 5.41) is 9.31. The highest BCUT2D eigenvalue weighted by Gasteiger charge is 2.19. The first-order chi connectivity index (χ1) is 15.6. The van der Waals surface area contributed by atoms with Crippen molar-refractivity contribution in [3.05, 3.63) is 101 Å². The van der Waals surface area contributed by atoms with Crippen LogP contribution >= 0.6 is 11.6 Å². The molecule has 1 aromatic heterocycles. The summed E-state index contributed by atoms with van der Waals surface area (Å²) in [6.45, 7) is 1.16. The molecule has 4 rings (SSSR count). The second-order valence-corrected chi connectivity index (χ2v) is 7.58. The third-order valence-electron chi connectivity index (χ3n) is 4.73. The Balaban J connectivity index is 1.75. The van der Waals surface area contributed by atoms with Crippen LogP contribution < -0.4 is 16.4 Å². The van der Waals surface area contributed by atoms with Gasteiger partial charge in [-0.2, -0.15) is 15.1 Å². The molecule has 0 bridgehead atoms. The number of nitrogens with two attached hydrogens (primary N) is 2. The van der Waals surface area contributed by atoms with Gasteiger partial charge in [-0.05, 0) is 35.4 Å². The van der Waals surface area contributed by atoms with Gasteiger partial charge in [0.2, 0.25) is 5.95 Å². The van der Waals surface area contributed by atoms with Crippen LogP contribution in [0.2, 0.25) is 5.02 Å². The van der Waals surface area contributed by atoms with Crippen LogP contribution in [0.3, 0.4) is 0 Å². The Morgan fingerprint density at radius 1 is 0.719 bits per heavy atom. The van der Waals surface area contributed by atoms with E-state index in [1.807, 2.05) is 36.4 Å². The molecule has 160 valence electrons. The number of hydrogen-bond acceptors (Lipinski definition) is 7. The summed E-state index contributed by atoms with van der Waals surface area (Å²) >= 11 is 5.96. The fourth-order valence-electron chi connectivity index (χ4n) is 3.22. The zero-order chi connectivity index (χ0) is 22.3. The van der Waals surface area contributed by atoms with Gasteiger partial charge in [-0.15, -0.1) is 5.11 Å². The van der Waals surface area contributed by atoms with Crippen molar-refractivity contribution in [2.75, 3.05) is 16.4 Å². The molecular formula is C24H22ClN7. The molecule has 8 heteroatoms. The van der Waals surface area contributed by atoms with Gasteiger partial charge < -0.3 is 16.4 Å². The van der Waals surface area contributed by atoms with E-state index in [0.29, 0.717) is 35.3 Å². The van der Waals surface area contributed by atoms with Crippen molar-refractivity contribution in [1.29, 1.82) is 0 Å². The van der Waals surface area contributed by atoms with Crippen molar-refractivity contribution in [1.82, 2.24) is 9.97 Å². The molecule has 4 N–H and O–H groups in total. The molecule has 0 amide bonds. The second-order valence-electron chi connectivity index (χ2n) is 7.14. The first-order valence-corrected chi connectivity index (χ1v) is 10.4. The maximum Gasteiger partial charge on any atom is 0.224 e. The molecule has 0 fully saturated rings. The lowest BCUT2D eigenvalue weighted by Crippen LogP contribution is -2.24. The van der Waals surface area contributed by atoms with E-state index in [1.165, 1.54) is 0 Å². The van der Waals surface area contributed by atoms with Gasteiger partial charge in [0, 0.05) is 18.1 Å². The number of nitrogens with zero attached hydrogens (tertiary/aromatic N) is 5. The monoisotopic (exact) mass is 443 g/mol. The van der Waals surface area contributed by atoms with Crippen molar-refractivity contribution in [2.45, 2.75) is 13.1 Å². The Hall–Kier alpha value is -3.97. The van der Waals surface area contributed by atoms with Gasteiger partial charge in [0.1, 0.15) is 0 Å². The lowest BCUT2D eigenvalue weighted by atomic mass is 10.1. The van der Waals surface area contributed by atoms with Gasteiger partial charge in [0.25, 0.3) is 0 Å². The number of anilines is 3.